The number of hydrogen-bond donors (Lipinski definition) is 1. The Hall–Kier alpha value is -2.29. The summed E-state index contributed by atoms with van der Waals surface area (Å²) in [6, 6.07) is 14.9. The quantitative estimate of drug-likeness (QED) is 0.743. The van der Waals surface area contributed by atoms with Crippen LogP contribution in [-0.4, -0.2) is 17.5 Å². The Labute approximate surface area is 151 Å². The molecule has 1 N–H and O–H groups in total. The van der Waals surface area contributed by atoms with Crippen molar-refractivity contribution >= 4 is 11.7 Å². The number of hydrogen-bond acceptors (Lipinski definition) is 1. The van der Waals surface area contributed by atoms with Crippen molar-refractivity contribution in [2.75, 3.05) is 11.9 Å². The number of amides is 2. The Morgan fingerprint density at radius 3 is 2.44 bits per heavy atom. The van der Waals surface area contributed by atoms with Gasteiger partial charge < -0.3 is 10.2 Å². The molecule has 2 amide bonds. The number of carbonyl (C=O) groups excluding carboxylic acids is 1. The topological polar surface area (TPSA) is 32.3 Å². The van der Waals surface area contributed by atoms with Gasteiger partial charge in [-0.15, -0.1) is 0 Å². The third-order valence-electron chi connectivity index (χ3n) is 5.23. The van der Waals surface area contributed by atoms with Gasteiger partial charge in [0.1, 0.15) is 0 Å². The Kier molecular flexibility index (Phi) is 5.42. The molecule has 132 valence electrons. The molecule has 2 aromatic carbocycles. The molecule has 1 saturated heterocycles. The highest BCUT2D eigenvalue weighted by Crippen LogP contribution is 2.31. The number of aryl methyl sites for hydroxylation is 3. The van der Waals surface area contributed by atoms with Crippen LogP contribution in [-0.2, 0) is 0 Å². The largest absolute Gasteiger partial charge is 0.322 e. The van der Waals surface area contributed by atoms with Gasteiger partial charge in [-0.2, -0.15) is 0 Å². The molecule has 1 atom stereocenters. The van der Waals surface area contributed by atoms with E-state index in [1.54, 1.807) is 0 Å². The predicted octanol–water partition coefficient (Wildman–Crippen LogP) is 5.76. The van der Waals surface area contributed by atoms with Crippen molar-refractivity contribution in [3.05, 3.63) is 64.7 Å². The Morgan fingerprint density at radius 1 is 0.960 bits per heavy atom. The van der Waals surface area contributed by atoms with Gasteiger partial charge in [-0.05, 0) is 62.4 Å². The lowest BCUT2D eigenvalue weighted by Gasteiger charge is -2.30. The van der Waals surface area contributed by atoms with E-state index in [1.165, 1.54) is 35.1 Å². The van der Waals surface area contributed by atoms with E-state index in [1.807, 2.05) is 17.0 Å². The highest BCUT2D eigenvalue weighted by Gasteiger charge is 2.26. The summed E-state index contributed by atoms with van der Waals surface area (Å²) in [5.41, 5.74) is 5.81. The summed E-state index contributed by atoms with van der Waals surface area (Å²) in [5, 5.41) is 3.11. The average Bonchev–Trinajstić information content (AvgIpc) is 2.85. The third-order valence-corrected chi connectivity index (χ3v) is 5.23. The first-order chi connectivity index (χ1) is 12.0. The molecule has 1 fully saturated rings. The first-order valence-corrected chi connectivity index (χ1v) is 9.26. The van der Waals surface area contributed by atoms with E-state index in [-0.39, 0.29) is 12.1 Å². The second kappa shape index (κ2) is 7.73. The third kappa shape index (κ3) is 4.22. The summed E-state index contributed by atoms with van der Waals surface area (Å²) in [4.78, 5) is 15.0. The van der Waals surface area contributed by atoms with E-state index in [2.05, 4.69) is 56.4 Å². The molecule has 3 rings (SSSR count). The summed E-state index contributed by atoms with van der Waals surface area (Å²) in [5.74, 6) is 0. The van der Waals surface area contributed by atoms with Gasteiger partial charge in [0.15, 0.2) is 0 Å². The molecule has 0 bridgehead atoms. The normalized spacial score (nSPS) is 17.9. The minimum absolute atomic E-state index is 0.00993. The maximum absolute atomic E-state index is 13.0. The van der Waals surface area contributed by atoms with Crippen LogP contribution in [0, 0.1) is 20.8 Å². The zero-order chi connectivity index (χ0) is 17.8. The van der Waals surface area contributed by atoms with Gasteiger partial charge in [0.25, 0.3) is 0 Å². The van der Waals surface area contributed by atoms with Crippen LogP contribution in [0.25, 0.3) is 0 Å². The number of anilines is 1. The number of benzene rings is 2. The number of urea groups is 1. The van der Waals surface area contributed by atoms with Crippen molar-refractivity contribution in [1.29, 1.82) is 0 Å². The monoisotopic (exact) mass is 336 g/mol. The molecule has 3 nitrogen and oxygen atoms in total. The van der Waals surface area contributed by atoms with Crippen molar-refractivity contribution in [2.45, 2.75) is 52.5 Å². The molecule has 0 aliphatic carbocycles. The number of nitrogens with one attached hydrogen (secondary N) is 1. The minimum atomic E-state index is 0.00993. The fraction of sp³-hybridized carbons (Fsp3) is 0.409. The van der Waals surface area contributed by atoms with Crippen LogP contribution in [0.1, 0.15) is 54.0 Å². The van der Waals surface area contributed by atoms with Gasteiger partial charge in [0.2, 0.25) is 0 Å². The average molecular weight is 336 g/mol. The smallest absolute Gasteiger partial charge is 0.317 e. The van der Waals surface area contributed by atoms with Gasteiger partial charge in [-0.3, -0.25) is 0 Å². The van der Waals surface area contributed by atoms with Gasteiger partial charge >= 0.3 is 6.03 Å². The highest BCUT2D eigenvalue weighted by atomic mass is 16.2. The number of likely N-dealkylation sites (tertiary alicyclic amines) is 1. The van der Waals surface area contributed by atoms with Crippen LogP contribution in [0.2, 0.25) is 0 Å². The van der Waals surface area contributed by atoms with Gasteiger partial charge in [-0.1, -0.05) is 48.7 Å². The van der Waals surface area contributed by atoms with Crippen LogP contribution in [0.5, 0.6) is 0 Å². The maximum Gasteiger partial charge on any atom is 0.322 e. The molecular weight excluding hydrogens is 308 g/mol. The van der Waals surface area contributed by atoms with Crippen molar-refractivity contribution in [1.82, 2.24) is 4.90 Å². The lowest BCUT2D eigenvalue weighted by molar-refractivity contribution is 0.189. The first kappa shape index (κ1) is 17.5. The molecule has 25 heavy (non-hydrogen) atoms. The van der Waals surface area contributed by atoms with Gasteiger partial charge in [0, 0.05) is 12.2 Å². The summed E-state index contributed by atoms with van der Waals surface area (Å²) < 4.78 is 0. The second-order valence-electron chi connectivity index (χ2n) is 7.20. The number of rotatable bonds is 2. The summed E-state index contributed by atoms with van der Waals surface area (Å²) in [6.07, 6.45) is 4.47. The Balaban J connectivity index is 1.81. The standard InChI is InChI=1S/C22H28N2O/c1-16-8-11-19(12-9-16)21-7-5-4-6-14-24(21)22(25)23-20-13-10-17(2)18(3)15-20/h8-13,15,21H,4-7,14H2,1-3H3,(H,23,25)/t21-/m1/s1. The molecule has 1 aliphatic heterocycles. The van der Waals surface area contributed by atoms with Crippen LogP contribution < -0.4 is 5.32 Å². The van der Waals surface area contributed by atoms with E-state index < -0.39 is 0 Å². The van der Waals surface area contributed by atoms with Crippen molar-refractivity contribution < 1.29 is 4.79 Å². The molecule has 1 aliphatic rings. The zero-order valence-electron chi connectivity index (χ0n) is 15.5. The fourth-order valence-corrected chi connectivity index (χ4v) is 3.50. The van der Waals surface area contributed by atoms with Crippen LogP contribution >= 0.6 is 0 Å². The van der Waals surface area contributed by atoms with Gasteiger partial charge in [0.05, 0.1) is 6.04 Å². The lowest BCUT2D eigenvalue weighted by atomic mass is 10.00. The van der Waals surface area contributed by atoms with E-state index in [9.17, 15) is 4.79 Å². The summed E-state index contributed by atoms with van der Waals surface area (Å²) in [6.45, 7) is 7.07. The number of carbonyl (C=O) groups is 1. The summed E-state index contributed by atoms with van der Waals surface area (Å²) in [7, 11) is 0. The van der Waals surface area contributed by atoms with Crippen LogP contribution in [0.4, 0.5) is 10.5 Å². The number of nitrogens with zero attached hydrogens (tertiary/aromatic N) is 1. The van der Waals surface area contributed by atoms with Crippen molar-refractivity contribution in [3.8, 4) is 0 Å². The molecular formula is C22H28N2O. The first-order valence-electron chi connectivity index (χ1n) is 9.26. The Bertz CT molecular complexity index is 736. The molecule has 3 heteroatoms. The SMILES string of the molecule is Cc1ccc([C@H]2CCCCCN2C(=O)Nc2ccc(C)c(C)c2)cc1. The van der Waals surface area contributed by atoms with E-state index in [4.69, 9.17) is 0 Å². The van der Waals surface area contributed by atoms with Crippen LogP contribution in [0.3, 0.4) is 0 Å². The summed E-state index contributed by atoms with van der Waals surface area (Å²) >= 11 is 0. The van der Waals surface area contributed by atoms with Crippen molar-refractivity contribution in [3.63, 3.8) is 0 Å². The molecule has 0 spiro atoms. The van der Waals surface area contributed by atoms with E-state index in [0.29, 0.717) is 0 Å². The predicted molar refractivity (Wildman–Crippen MR) is 104 cm³/mol. The fourth-order valence-electron chi connectivity index (χ4n) is 3.50. The zero-order valence-corrected chi connectivity index (χ0v) is 15.5. The molecule has 0 unspecified atom stereocenters. The highest BCUT2D eigenvalue weighted by molar-refractivity contribution is 5.89. The molecule has 0 aromatic heterocycles. The molecule has 0 saturated carbocycles. The minimum Gasteiger partial charge on any atom is -0.317 e. The Morgan fingerprint density at radius 2 is 1.72 bits per heavy atom. The second-order valence-corrected chi connectivity index (χ2v) is 7.20. The van der Waals surface area contributed by atoms with Crippen LogP contribution in [0.15, 0.2) is 42.5 Å². The van der Waals surface area contributed by atoms with E-state index >= 15 is 0 Å². The molecule has 1 heterocycles. The van der Waals surface area contributed by atoms with E-state index in [0.717, 1.165) is 25.1 Å². The maximum atomic E-state index is 13.0. The molecule has 0 radical (unpaired) electrons. The molecule has 2 aromatic rings. The lowest BCUT2D eigenvalue weighted by Crippen LogP contribution is -2.38. The van der Waals surface area contributed by atoms with Crippen molar-refractivity contribution in [2.24, 2.45) is 0 Å². The van der Waals surface area contributed by atoms with Gasteiger partial charge in [-0.25, -0.2) is 4.79 Å².